The van der Waals surface area contributed by atoms with Crippen LogP contribution in [-0.4, -0.2) is 13.2 Å². The Morgan fingerprint density at radius 2 is 1.95 bits per heavy atom. The Balaban J connectivity index is 1.47. The van der Waals surface area contributed by atoms with Crippen LogP contribution in [0.3, 0.4) is 0 Å². The maximum absolute atomic E-state index is 5.37. The van der Waals surface area contributed by atoms with E-state index in [4.69, 9.17) is 4.74 Å². The molecule has 3 unspecified atom stereocenters. The molecule has 1 fully saturated rings. The molecule has 0 amide bonds. The average molecular weight is 279 g/mol. The summed E-state index contributed by atoms with van der Waals surface area (Å²) in [5, 5.41) is 3.85. The summed E-state index contributed by atoms with van der Waals surface area (Å²) in [6, 6.07) is 18.5. The molecule has 108 valence electrons. The molecule has 21 heavy (non-hydrogen) atoms. The number of fused-ring (bicyclic) bond motifs is 1. The molecular formula is C19H21NO. The Hall–Kier alpha value is -1.80. The maximum atomic E-state index is 5.37. The third-order valence-corrected chi connectivity index (χ3v) is 4.86. The molecule has 1 N–H and O–H groups in total. The van der Waals surface area contributed by atoms with E-state index in [0.717, 1.165) is 5.75 Å². The average Bonchev–Trinajstić information content (AvgIpc) is 3.20. The van der Waals surface area contributed by atoms with Crippen molar-refractivity contribution < 1.29 is 4.74 Å². The largest absolute Gasteiger partial charge is 0.497 e. The van der Waals surface area contributed by atoms with Crippen molar-refractivity contribution in [3.63, 3.8) is 0 Å². The summed E-state index contributed by atoms with van der Waals surface area (Å²) in [5.41, 5.74) is 4.39. The minimum Gasteiger partial charge on any atom is -0.497 e. The lowest BCUT2D eigenvalue weighted by atomic mass is 10.1. The van der Waals surface area contributed by atoms with Crippen molar-refractivity contribution in [1.29, 1.82) is 0 Å². The predicted molar refractivity (Wildman–Crippen MR) is 84.8 cm³/mol. The third kappa shape index (κ3) is 2.44. The van der Waals surface area contributed by atoms with Crippen molar-refractivity contribution in [2.45, 2.75) is 37.3 Å². The molecule has 0 aromatic heterocycles. The van der Waals surface area contributed by atoms with Gasteiger partial charge < -0.3 is 10.1 Å². The first-order chi connectivity index (χ1) is 10.3. The van der Waals surface area contributed by atoms with Gasteiger partial charge in [0.15, 0.2) is 0 Å². The second-order valence-electron chi connectivity index (χ2n) is 6.18. The smallest absolute Gasteiger partial charge is 0.119 e. The van der Waals surface area contributed by atoms with Gasteiger partial charge in [0.05, 0.1) is 7.11 Å². The lowest BCUT2D eigenvalue weighted by Gasteiger charge is -2.15. The molecule has 2 aliphatic carbocycles. The summed E-state index contributed by atoms with van der Waals surface area (Å²) in [7, 11) is 1.74. The minimum atomic E-state index is 0.494. The highest BCUT2D eigenvalue weighted by atomic mass is 16.5. The number of ether oxygens (including phenoxy) is 1. The minimum absolute atomic E-state index is 0.494. The Morgan fingerprint density at radius 1 is 1.10 bits per heavy atom. The molecule has 4 rings (SSSR count). The van der Waals surface area contributed by atoms with Crippen LogP contribution in [0.5, 0.6) is 5.75 Å². The second kappa shape index (κ2) is 5.19. The topological polar surface area (TPSA) is 21.3 Å². The Bertz CT molecular complexity index is 637. The van der Waals surface area contributed by atoms with Gasteiger partial charge in [-0.2, -0.15) is 0 Å². The van der Waals surface area contributed by atoms with Gasteiger partial charge in [0, 0.05) is 18.0 Å². The Labute approximate surface area is 126 Å². The van der Waals surface area contributed by atoms with Crippen LogP contribution in [0.4, 0.5) is 0 Å². The van der Waals surface area contributed by atoms with Crippen molar-refractivity contribution in [1.82, 2.24) is 5.32 Å². The summed E-state index contributed by atoms with van der Waals surface area (Å²) < 4.78 is 5.37. The molecule has 0 heterocycles. The van der Waals surface area contributed by atoms with Crippen LogP contribution < -0.4 is 10.1 Å². The molecule has 0 spiro atoms. The van der Waals surface area contributed by atoms with Crippen LogP contribution in [0.2, 0.25) is 0 Å². The quantitative estimate of drug-likeness (QED) is 0.918. The highest BCUT2D eigenvalue weighted by molar-refractivity contribution is 5.41. The van der Waals surface area contributed by atoms with Crippen LogP contribution >= 0.6 is 0 Å². The van der Waals surface area contributed by atoms with Gasteiger partial charge >= 0.3 is 0 Å². The first-order valence-electron chi connectivity index (χ1n) is 7.83. The zero-order valence-corrected chi connectivity index (χ0v) is 12.4. The summed E-state index contributed by atoms with van der Waals surface area (Å²) in [5.74, 6) is 1.67. The van der Waals surface area contributed by atoms with Gasteiger partial charge in [0.1, 0.15) is 5.75 Å². The molecule has 1 saturated carbocycles. The zero-order chi connectivity index (χ0) is 14.2. The standard InChI is InChI=1S/C19H21NO/c1-21-15-9-7-14-8-10-18(16(14)11-15)20-19-12-17(19)13-5-3-2-4-6-13/h2-7,9,11,17-20H,8,10,12H2,1H3. The first-order valence-corrected chi connectivity index (χ1v) is 7.83. The van der Waals surface area contributed by atoms with Crippen LogP contribution in [0, 0.1) is 0 Å². The molecule has 2 aromatic carbocycles. The van der Waals surface area contributed by atoms with Gasteiger partial charge in [-0.15, -0.1) is 0 Å². The third-order valence-electron chi connectivity index (χ3n) is 4.86. The first kappa shape index (κ1) is 12.9. The summed E-state index contributed by atoms with van der Waals surface area (Å²) >= 11 is 0. The fourth-order valence-electron chi connectivity index (χ4n) is 3.59. The van der Waals surface area contributed by atoms with E-state index in [1.807, 2.05) is 0 Å². The van der Waals surface area contributed by atoms with E-state index in [1.54, 1.807) is 7.11 Å². The molecule has 0 aliphatic heterocycles. The lowest BCUT2D eigenvalue weighted by molar-refractivity contribution is 0.413. The molecule has 2 heteroatoms. The molecule has 3 atom stereocenters. The van der Waals surface area contributed by atoms with E-state index in [2.05, 4.69) is 53.8 Å². The maximum Gasteiger partial charge on any atom is 0.119 e. The number of nitrogens with one attached hydrogen (secondary N) is 1. The fraction of sp³-hybridized carbons (Fsp3) is 0.368. The van der Waals surface area contributed by atoms with Gasteiger partial charge in [0.25, 0.3) is 0 Å². The van der Waals surface area contributed by atoms with Crippen LogP contribution in [0.25, 0.3) is 0 Å². The highest BCUT2D eigenvalue weighted by Crippen LogP contribution is 2.44. The molecule has 0 radical (unpaired) electrons. The van der Waals surface area contributed by atoms with Gasteiger partial charge in [-0.05, 0) is 48.1 Å². The van der Waals surface area contributed by atoms with Crippen LogP contribution in [-0.2, 0) is 6.42 Å². The summed E-state index contributed by atoms with van der Waals surface area (Å²) in [6.07, 6.45) is 3.65. The number of benzene rings is 2. The molecule has 2 nitrogen and oxygen atoms in total. The van der Waals surface area contributed by atoms with Crippen molar-refractivity contribution in [3.8, 4) is 5.75 Å². The Morgan fingerprint density at radius 3 is 2.76 bits per heavy atom. The van der Waals surface area contributed by atoms with E-state index in [-0.39, 0.29) is 0 Å². The predicted octanol–water partition coefficient (Wildman–Crippen LogP) is 3.83. The zero-order valence-electron chi connectivity index (χ0n) is 12.4. The van der Waals surface area contributed by atoms with E-state index in [0.29, 0.717) is 18.0 Å². The monoisotopic (exact) mass is 279 g/mol. The number of rotatable bonds is 4. The molecular weight excluding hydrogens is 258 g/mol. The number of hydrogen-bond donors (Lipinski definition) is 1. The fourth-order valence-corrected chi connectivity index (χ4v) is 3.59. The molecule has 0 saturated heterocycles. The van der Waals surface area contributed by atoms with Gasteiger partial charge in [-0.3, -0.25) is 0 Å². The highest BCUT2D eigenvalue weighted by Gasteiger charge is 2.40. The summed E-state index contributed by atoms with van der Waals surface area (Å²) in [4.78, 5) is 0. The van der Waals surface area contributed by atoms with Crippen molar-refractivity contribution in [3.05, 3.63) is 65.2 Å². The van der Waals surface area contributed by atoms with Gasteiger partial charge in [-0.25, -0.2) is 0 Å². The van der Waals surface area contributed by atoms with E-state index in [1.165, 1.54) is 36.0 Å². The number of methoxy groups -OCH3 is 1. The van der Waals surface area contributed by atoms with E-state index >= 15 is 0 Å². The SMILES string of the molecule is COc1ccc2c(c1)C(NC1CC1c1ccccc1)CC2. The molecule has 0 bridgehead atoms. The summed E-state index contributed by atoms with van der Waals surface area (Å²) in [6.45, 7) is 0. The number of aryl methyl sites for hydroxylation is 1. The van der Waals surface area contributed by atoms with Gasteiger partial charge in [0.2, 0.25) is 0 Å². The lowest BCUT2D eigenvalue weighted by Crippen LogP contribution is -2.22. The van der Waals surface area contributed by atoms with Crippen LogP contribution in [0.15, 0.2) is 48.5 Å². The van der Waals surface area contributed by atoms with Crippen LogP contribution in [0.1, 0.15) is 41.5 Å². The van der Waals surface area contributed by atoms with Crippen molar-refractivity contribution in [2.75, 3.05) is 7.11 Å². The normalized spacial score (nSPS) is 26.4. The second-order valence-corrected chi connectivity index (χ2v) is 6.18. The number of hydrogen-bond acceptors (Lipinski definition) is 2. The van der Waals surface area contributed by atoms with Gasteiger partial charge in [-0.1, -0.05) is 36.4 Å². The molecule has 2 aliphatic rings. The Kier molecular flexibility index (Phi) is 3.19. The van der Waals surface area contributed by atoms with Crippen molar-refractivity contribution >= 4 is 0 Å². The molecule has 2 aromatic rings. The van der Waals surface area contributed by atoms with E-state index in [9.17, 15) is 0 Å². The van der Waals surface area contributed by atoms with E-state index < -0.39 is 0 Å². The van der Waals surface area contributed by atoms with Crippen molar-refractivity contribution in [2.24, 2.45) is 0 Å².